The molecule has 0 unspecified atom stereocenters. The van der Waals surface area contributed by atoms with E-state index in [1.54, 1.807) is 0 Å². The van der Waals surface area contributed by atoms with Gasteiger partial charge in [0, 0.05) is 11.5 Å². The highest BCUT2D eigenvalue weighted by atomic mass is 16.5. The Labute approximate surface area is 165 Å². The van der Waals surface area contributed by atoms with Crippen LogP contribution in [0.1, 0.15) is 43.2 Å². The lowest BCUT2D eigenvalue weighted by atomic mass is 9.79. The molecular formula is C24H23N3O. The molecule has 28 heavy (non-hydrogen) atoms. The molecule has 1 aliphatic carbocycles. The molecule has 2 N–H and O–H groups in total. The summed E-state index contributed by atoms with van der Waals surface area (Å²) in [6.07, 6.45) is 5.31. The Kier molecular flexibility index (Phi) is 4.99. The maximum Gasteiger partial charge on any atom is 0.294 e. The third-order valence-electron chi connectivity index (χ3n) is 5.68. The molecule has 4 rings (SSSR count). The molecule has 0 bridgehead atoms. The molecule has 140 valence electrons. The largest absolute Gasteiger partial charge is 0.710 e. The predicted molar refractivity (Wildman–Crippen MR) is 111 cm³/mol. The molecule has 0 saturated heterocycles. The summed E-state index contributed by atoms with van der Waals surface area (Å²) < 4.78 is 0.815. The van der Waals surface area contributed by atoms with Gasteiger partial charge in [-0.1, -0.05) is 79.9 Å². The smallest absolute Gasteiger partial charge is 0.294 e. The van der Waals surface area contributed by atoms with E-state index in [0.29, 0.717) is 16.9 Å². The Morgan fingerprint density at radius 2 is 1.46 bits per heavy atom. The van der Waals surface area contributed by atoms with Crippen molar-refractivity contribution >= 4 is 11.3 Å². The van der Waals surface area contributed by atoms with Crippen LogP contribution in [0.2, 0.25) is 0 Å². The normalized spacial score (nSPS) is 17.8. The van der Waals surface area contributed by atoms with Crippen LogP contribution in [0.15, 0.2) is 77.6 Å². The molecule has 2 aliphatic rings. The molecule has 2 aromatic carbocycles. The van der Waals surface area contributed by atoms with Crippen molar-refractivity contribution < 1.29 is 4.74 Å². The molecule has 1 fully saturated rings. The molecule has 4 nitrogen and oxygen atoms in total. The first-order chi connectivity index (χ1) is 13.7. The van der Waals surface area contributed by atoms with Gasteiger partial charge in [-0.3, -0.25) is 5.73 Å². The molecule has 0 radical (unpaired) electrons. The van der Waals surface area contributed by atoms with E-state index in [4.69, 9.17) is 5.73 Å². The summed E-state index contributed by atoms with van der Waals surface area (Å²) in [5.41, 5.74) is 10.7. The van der Waals surface area contributed by atoms with Gasteiger partial charge in [0.25, 0.3) is 5.82 Å². The minimum atomic E-state index is 0.0161. The Morgan fingerprint density at radius 1 is 0.929 bits per heavy atom. The number of hydrogen-bond acceptors (Lipinski definition) is 3. The number of hydrogen-bond donors (Lipinski definition) is 1. The predicted octanol–water partition coefficient (Wildman–Crippen LogP) is 4.73. The standard InChI is InChI=1S/C24H23N3O/c25-16-20-22(23(27(28)24(20)26)19-14-8-3-9-15-19)21(17-10-4-1-5-11-17)18-12-6-2-7-13-18/h1-2,4-7,10-13,19H,3,8-9,14-15,26H2. The lowest BCUT2D eigenvalue weighted by Gasteiger charge is -2.25. The van der Waals surface area contributed by atoms with E-state index in [9.17, 15) is 10.5 Å². The lowest BCUT2D eigenvalue weighted by molar-refractivity contribution is -0.402. The molecule has 0 aromatic heterocycles. The van der Waals surface area contributed by atoms with Gasteiger partial charge < -0.3 is 5.21 Å². The van der Waals surface area contributed by atoms with Crippen LogP contribution in [0.25, 0.3) is 5.57 Å². The maximum absolute atomic E-state index is 13.1. The minimum absolute atomic E-state index is 0.0161. The van der Waals surface area contributed by atoms with E-state index in [1.807, 2.05) is 60.7 Å². The van der Waals surface area contributed by atoms with Gasteiger partial charge in [-0.25, -0.2) is 4.74 Å². The van der Waals surface area contributed by atoms with Crippen molar-refractivity contribution in [2.24, 2.45) is 11.7 Å². The van der Waals surface area contributed by atoms with Gasteiger partial charge >= 0.3 is 0 Å². The highest BCUT2D eigenvalue weighted by molar-refractivity contribution is 6.13. The van der Waals surface area contributed by atoms with Crippen molar-refractivity contribution in [3.63, 3.8) is 0 Å². The van der Waals surface area contributed by atoms with Gasteiger partial charge in [-0.2, -0.15) is 5.26 Å². The second-order valence-electron chi connectivity index (χ2n) is 7.37. The molecule has 1 heterocycles. The highest BCUT2D eigenvalue weighted by Gasteiger charge is 2.38. The van der Waals surface area contributed by atoms with E-state index >= 15 is 0 Å². The number of nitriles is 1. The van der Waals surface area contributed by atoms with E-state index in [2.05, 4.69) is 6.07 Å². The van der Waals surface area contributed by atoms with Crippen LogP contribution in [0, 0.1) is 22.5 Å². The summed E-state index contributed by atoms with van der Waals surface area (Å²) in [5.74, 6) is 0.149. The zero-order valence-electron chi connectivity index (χ0n) is 15.8. The van der Waals surface area contributed by atoms with Crippen molar-refractivity contribution in [3.8, 4) is 6.07 Å². The average Bonchev–Trinajstić information content (AvgIpc) is 3.00. The number of hydroxylamine groups is 1. The first-order valence-electron chi connectivity index (χ1n) is 9.82. The zero-order chi connectivity index (χ0) is 19.5. The highest BCUT2D eigenvalue weighted by Crippen LogP contribution is 2.39. The van der Waals surface area contributed by atoms with Crippen LogP contribution in [0.4, 0.5) is 0 Å². The lowest BCUT2D eigenvalue weighted by Crippen LogP contribution is -2.26. The van der Waals surface area contributed by atoms with Crippen LogP contribution in [0.5, 0.6) is 0 Å². The van der Waals surface area contributed by atoms with Gasteiger partial charge in [0.1, 0.15) is 11.8 Å². The molecule has 0 spiro atoms. The van der Waals surface area contributed by atoms with Crippen LogP contribution in [-0.4, -0.2) is 10.5 Å². The fraction of sp³-hybridized carbons (Fsp3) is 0.250. The summed E-state index contributed by atoms with van der Waals surface area (Å²) in [6, 6.07) is 22.1. The summed E-state index contributed by atoms with van der Waals surface area (Å²) in [5, 5.41) is 22.9. The first-order valence-corrected chi connectivity index (χ1v) is 9.82. The molecular weight excluding hydrogens is 346 g/mol. The van der Waals surface area contributed by atoms with Gasteiger partial charge in [-0.15, -0.1) is 0 Å². The first kappa shape index (κ1) is 18.1. The Balaban J connectivity index is 2.02. The topological polar surface area (TPSA) is 75.9 Å². The van der Waals surface area contributed by atoms with Gasteiger partial charge in [0.05, 0.1) is 5.57 Å². The SMILES string of the molecule is N#CC1=C(N)[N+]([O-])=C(C2CCCCC2)C1=C(c1ccccc1)c1ccccc1. The van der Waals surface area contributed by atoms with Gasteiger partial charge in [0.2, 0.25) is 0 Å². The average molecular weight is 369 g/mol. The summed E-state index contributed by atoms with van der Waals surface area (Å²) >= 11 is 0. The molecule has 2 aromatic rings. The van der Waals surface area contributed by atoms with Crippen molar-refractivity contribution in [3.05, 3.63) is 94.0 Å². The third kappa shape index (κ3) is 3.10. The maximum atomic E-state index is 13.1. The van der Waals surface area contributed by atoms with E-state index in [-0.39, 0.29) is 11.7 Å². The number of rotatable bonds is 3. The number of allylic oxidation sites excluding steroid dienone is 2. The van der Waals surface area contributed by atoms with E-state index in [0.717, 1.165) is 47.1 Å². The van der Waals surface area contributed by atoms with Crippen molar-refractivity contribution in [2.75, 3.05) is 0 Å². The zero-order valence-corrected chi connectivity index (χ0v) is 15.8. The van der Waals surface area contributed by atoms with Crippen molar-refractivity contribution in [1.29, 1.82) is 5.26 Å². The van der Waals surface area contributed by atoms with Crippen LogP contribution in [0.3, 0.4) is 0 Å². The van der Waals surface area contributed by atoms with Crippen LogP contribution < -0.4 is 5.73 Å². The Morgan fingerprint density at radius 3 is 1.96 bits per heavy atom. The second kappa shape index (κ2) is 7.74. The molecule has 1 saturated carbocycles. The molecule has 4 heteroatoms. The summed E-state index contributed by atoms with van der Waals surface area (Å²) in [4.78, 5) is 0. The van der Waals surface area contributed by atoms with Crippen molar-refractivity contribution in [1.82, 2.24) is 0 Å². The second-order valence-corrected chi connectivity index (χ2v) is 7.37. The minimum Gasteiger partial charge on any atom is -0.710 e. The monoisotopic (exact) mass is 369 g/mol. The number of benzene rings is 2. The molecule has 1 aliphatic heterocycles. The quantitative estimate of drug-likeness (QED) is 0.628. The third-order valence-corrected chi connectivity index (χ3v) is 5.68. The number of nitrogens with two attached hydrogens (primary N) is 1. The fourth-order valence-electron chi connectivity index (χ4n) is 4.37. The fourth-order valence-corrected chi connectivity index (χ4v) is 4.37. The van der Waals surface area contributed by atoms with Gasteiger partial charge in [0.15, 0.2) is 5.57 Å². The molecule has 0 atom stereocenters. The van der Waals surface area contributed by atoms with E-state index < -0.39 is 0 Å². The van der Waals surface area contributed by atoms with Crippen molar-refractivity contribution in [2.45, 2.75) is 32.1 Å². The number of nitrogens with zero attached hydrogens (tertiary/aromatic N) is 2. The van der Waals surface area contributed by atoms with Crippen LogP contribution >= 0.6 is 0 Å². The molecule has 0 amide bonds. The van der Waals surface area contributed by atoms with Gasteiger partial charge in [-0.05, 0) is 24.0 Å². The van der Waals surface area contributed by atoms with Crippen LogP contribution in [-0.2, 0) is 0 Å². The summed E-state index contributed by atoms with van der Waals surface area (Å²) in [6.45, 7) is 0. The Hall–Kier alpha value is -3.32. The Bertz CT molecular complexity index is 963. The van der Waals surface area contributed by atoms with E-state index in [1.165, 1.54) is 6.42 Å². The summed E-state index contributed by atoms with van der Waals surface area (Å²) in [7, 11) is 0.